The minimum Gasteiger partial charge on any atom is -0.481 e. The van der Waals surface area contributed by atoms with Crippen LogP contribution < -0.4 is 0 Å². The van der Waals surface area contributed by atoms with Crippen molar-refractivity contribution in [3.8, 4) is 0 Å². The lowest BCUT2D eigenvalue weighted by atomic mass is 10.6. The van der Waals surface area contributed by atoms with Gasteiger partial charge in [0.25, 0.3) is 0 Å². The molecule has 0 radical (unpaired) electrons. The average Bonchev–Trinajstić information content (AvgIpc) is 2.00. The van der Waals surface area contributed by atoms with Crippen LogP contribution in [0.3, 0.4) is 0 Å². The minimum atomic E-state index is 0.734. The molecule has 0 saturated carbocycles. The fraction of sp³-hybridized carbons (Fsp3) is 0.571. The first-order valence-electron chi connectivity index (χ1n) is 3.24. The summed E-state index contributed by atoms with van der Waals surface area (Å²) in [7, 11) is 1.61. The van der Waals surface area contributed by atoms with Gasteiger partial charge in [0, 0.05) is 13.3 Å². The molecule has 0 bridgehead atoms. The molecule has 0 unspecified atom stereocenters. The molecule has 0 aliphatic heterocycles. The molecular weight excluding hydrogens is 128 g/mol. The molecular formula is C7H14N2O. The van der Waals surface area contributed by atoms with Crippen LogP contribution in [0, 0.1) is 0 Å². The molecule has 0 N–H and O–H groups in total. The number of rotatable bonds is 4. The number of hydrazone groups is 1. The molecule has 0 aromatic carbocycles. The second-order valence-corrected chi connectivity index (χ2v) is 1.69. The van der Waals surface area contributed by atoms with Gasteiger partial charge in [-0.2, -0.15) is 5.10 Å². The molecule has 58 valence electrons. The van der Waals surface area contributed by atoms with Crippen LogP contribution in [-0.2, 0) is 4.74 Å². The van der Waals surface area contributed by atoms with Gasteiger partial charge in [0.15, 0.2) is 0 Å². The molecule has 0 aliphatic rings. The number of hydrogen-bond acceptors (Lipinski definition) is 3. The van der Waals surface area contributed by atoms with Crippen molar-refractivity contribution in [2.45, 2.75) is 13.8 Å². The van der Waals surface area contributed by atoms with Gasteiger partial charge < -0.3 is 4.74 Å². The van der Waals surface area contributed by atoms with Crippen LogP contribution in [0.5, 0.6) is 0 Å². The highest BCUT2D eigenvalue weighted by Gasteiger charge is 2.01. The van der Waals surface area contributed by atoms with E-state index < -0.39 is 0 Å². The summed E-state index contributed by atoms with van der Waals surface area (Å²) in [6.07, 6.45) is 1.85. The summed E-state index contributed by atoms with van der Waals surface area (Å²) in [5, 5.41) is 5.42. The van der Waals surface area contributed by atoms with Crippen LogP contribution >= 0.6 is 0 Å². The van der Waals surface area contributed by atoms with Crippen LogP contribution in [0.4, 0.5) is 0 Å². The maximum Gasteiger partial charge on any atom is 0.205 e. The lowest BCUT2D eigenvalue weighted by molar-refractivity contribution is 0.161. The Morgan fingerprint density at radius 2 is 2.40 bits per heavy atom. The number of hydrogen-bond donors (Lipinski definition) is 0. The summed E-state index contributed by atoms with van der Waals surface area (Å²) >= 11 is 0. The highest BCUT2D eigenvalue weighted by molar-refractivity contribution is 5.23. The van der Waals surface area contributed by atoms with Gasteiger partial charge in [-0.3, -0.25) is 0 Å². The standard InChI is InChI=1S/C7H14N2O/c1-5-7(10-4)9(6-2)8-3/h5H,3,6H2,1-2,4H3/b7-5+. The lowest BCUT2D eigenvalue weighted by Crippen LogP contribution is -2.16. The molecule has 0 fully saturated rings. The zero-order valence-electron chi connectivity index (χ0n) is 6.79. The molecule has 0 amide bonds. The summed E-state index contributed by atoms with van der Waals surface area (Å²) in [6.45, 7) is 8.06. The monoisotopic (exact) mass is 142 g/mol. The van der Waals surface area contributed by atoms with Crippen LogP contribution in [0.15, 0.2) is 17.1 Å². The van der Waals surface area contributed by atoms with E-state index in [2.05, 4.69) is 11.8 Å². The molecule has 0 heterocycles. The van der Waals surface area contributed by atoms with E-state index in [0.29, 0.717) is 0 Å². The highest BCUT2D eigenvalue weighted by Crippen LogP contribution is 2.03. The highest BCUT2D eigenvalue weighted by atomic mass is 16.5. The van der Waals surface area contributed by atoms with Gasteiger partial charge in [-0.15, -0.1) is 0 Å². The van der Waals surface area contributed by atoms with Gasteiger partial charge in [0.1, 0.15) is 0 Å². The zero-order chi connectivity index (χ0) is 7.98. The molecule has 0 atom stereocenters. The minimum absolute atomic E-state index is 0.734. The predicted molar refractivity (Wildman–Crippen MR) is 42.7 cm³/mol. The number of allylic oxidation sites excluding steroid dienone is 1. The van der Waals surface area contributed by atoms with Crippen LogP contribution in [0.25, 0.3) is 0 Å². The van der Waals surface area contributed by atoms with E-state index in [9.17, 15) is 0 Å². The van der Waals surface area contributed by atoms with E-state index >= 15 is 0 Å². The Bertz CT molecular complexity index is 132. The fourth-order valence-electron chi connectivity index (χ4n) is 0.698. The van der Waals surface area contributed by atoms with Crippen molar-refractivity contribution < 1.29 is 4.74 Å². The van der Waals surface area contributed by atoms with E-state index in [1.165, 1.54) is 0 Å². The van der Waals surface area contributed by atoms with E-state index in [-0.39, 0.29) is 0 Å². The van der Waals surface area contributed by atoms with Gasteiger partial charge in [-0.25, -0.2) is 5.01 Å². The van der Waals surface area contributed by atoms with E-state index in [0.717, 1.165) is 12.4 Å². The van der Waals surface area contributed by atoms with E-state index in [4.69, 9.17) is 4.74 Å². The Morgan fingerprint density at radius 1 is 1.80 bits per heavy atom. The third-order valence-corrected chi connectivity index (χ3v) is 1.18. The normalized spacial score (nSPS) is 10.9. The van der Waals surface area contributed by atoms with Crippen LogP contribution in [0.1, 0.15) is 13.8 Å². The summed E-state index contributed by atoms with van der Waals surface area (Å²) in [5.41, 5.74) is 0. The van der Waals surface area contributed by atoms with E-state index in [1.54, 1.807) is 12.1 Å². The SMILES string of the molecule is C=NN(CC)/C(=C\C)OC. The predicted octanol–water partition coefficient (Wildman–Crippen LogP) is 1.43. The largest absolute Gasteiger partial charge is 0.481 e. The summed E-state index contributed by atoms with van der Waals surface area (Å²) in [6, 6.07) is 0. The maximum absolute atomic E-state index is 5.00. The zero-order valence-corrected chi connectivity index (χ0v) is 6.79. The van der Waals surface area contributed by atoms with Gasteiger partial charge in [0.2, 0.25) is 5.88 Å². The first-order valence-corrected chi connectivity index (χ1v) is 3.24. The first kappa shape index (κ1) is 9.01. The van der Waals surface area contributed by atoms with Crippen molar-refractivity contribution in [3.63, 3.8) is 0 Å². The summed E-state index contributed by atoms with van der Waals surface area (Å²) in [4.78, 5) is 0. The third-order valence-electron chi connectivity index (χ3n) is 1.18. The Balaban J connectivity index is 4.10. The molecule has 3 nitrogen and oxygen atoms in total. The quantitative estimate of drug-likeness (QED) is 0.337. The Kier molecular flexibility index (Phi) is 4.37. The number of nitrogens with zero attached hydrogens (tertiary/aromatic N) is 2. The molecule has 0 rings (SSSR count). The van der Waals surface area contributed by atoms with E-state index in [1.807, 2.05) is 19.9 Å². The Labute approximate surface area is 62.0 Å². The molecule has 10 heavy (non-hydrogen) atoms. The summed E-state index contributed by atoms with van der Waals surface area (Å²) in [5.74, 6) is 0.734. The van der Waals surface area contributed by atoms with Crippen molar-refractivity contribution in [1.29, 1.82) is 0 Å². The lowest BCUT2D eigenvalue weighted by Gasteiger charge is -2.17. The Hall–Kier alpha value is -0.990. The molecule has 0 spiro atoms. The Morgan fingerprint density at radius 3 is 2.50 bits per heavy atom. The maximum atomic E-state index is 5.00. The second-order valence-electron chi connectivity index (χ2n) is 1.69. The van der Waals surface area contributed by atoms with Crippen molar-refractivity contribution in [2.75, 3.05) is 13.7 Å². The van der Waals surface area contributed by atoms with Gasteiger partial charge in [0.05, 0.1) is 7.11 Å². The van der Waals surface area contributed by atoms with Gasteiger partial charge in [-0.1, -0.05) is 0 Å². The molecule has 0 aliphatic carbocycles. The van der Waals surface area contributed by atoms with Crippen LogP contribution in [-0.4, -0.2) is 25.4 Å². The molecule has 0 aromatic rings. The topological polar surface area (TPSA) is 24.8 Å². The first-order chi connectivity index (χ1) is 4.79. The second kappa shape index (κ2) is 4.85. The third kappa shape index (κ3) is 2.09. The van der Waals surface area contributed by atoms with Crippen molar-refractivity contribution >= 4 is 6.72 Å². The average molecular weight is 142 g/mol. The smallest absolute Gasteiger partial charge is 0.205 e. The summed E-state index contributed by atoms with van der Waals surface area (Å²) < 4.78 is 5.00. The fourth-order valence-corrected chi connectivity index (χ4v) is 0.698. The number of ether oxygens (including phenoxy) is 1. The molecule has 0 aromatic heterocycles. The van der Waals surface area contributed by atoms with Crippen LogP contribution in [0.2, 0.25) is 0 Å². The van der Waals surface area contributed by atoms with Crippen molar-refractivity contribution in [2.24, 2.45) is 5.10 Å². The number of methoxy groups -OCH3 is 1. The van der Waals surface area contributed by atoms with Crippen molar-refractivity contribution in [3.05, 3.63) is 12.0 Å². The van der Waals surface area contributed by atoms with Gasteiger partial charge in [-0.05, 0) is 19.9 Å². The molecule has 3 heteroatoms. The molecule has 0 saturated heterocycles. The van der Waals surface area contributed by atoms with Gasteiger partial charge >= 0.3 is 0 Å². The van der Waals surface area contributed by atoms with Crippen molar-refractivity contribution in [1.82, 2.24) is 5.01 Å².